The third-order valence-electron chi connectivity index (χ3n) is 3.89. The third-order valence-corrected chi connectivity index (χ3v) is 3.89. The van der Waals surface area contributed by atoms with Gasteiger partial charge in [0.15, 0.2) is 11.4 Å². The van der Waals surface area contributed by atoms with E-state index in [1.807, 2.05) is 12.1 Å². The Kier molecular flexibility index (Phi) is 2.84. The normalized spacial score (nSPS) is 19.1. The van der Waals surface area contributed by atoms with Crippen LogP contribution in [-0.4, -0.2) is 0 Å². The van der Waals surface area contributed by atoms with Crippen molar-refractivity contribution in [2.75, 3.05) is 0 Å². The van der Waals surface area contributed by atoms with Crippen LogP contribution in [0.2, 0.25) is 0 Å². The minimum absolute atomic E-state index is 0.0516. The minimum Gasteiger partial charge on any atom is -0.456 e. The van der Waals surface area contributed by atoms with Gasteiger partial charge in [0, 0.05) is 5.39 Å². The number of hydrogen-bond donors (Lipinski definition) is 2. The second-order valence-electron chi connectivity index (χ2n) is 5.15. The molecule has 1 fully saturated rings. The predicted molar refractivity (Wildman–Crippen MR) is 68.1 cm³/mol. The van der Waals surface area contributed by atoms with Crippen molar-refractivity contribution >= 4 is 11.0 Å². The molecule has 0 spiro atoms. The summed E-state index contributed by atoms with van der Waals surface area (Å²) < 4.78 is 19.2. The molecule has 1 heterocycles. The van der Waals surface area contributed by atoms with Gasteiger partial charge in [0.25, 0.3) is 0 Å². The van der Waals surface area contributed by atoms with Crippen molar-refractivity contribution in [2.45, 2.75) is 25.8 Å². The van der Waals surface area contributed by atoms with Crippen molar-refractivity contribution in [2.24, 2.45) is 17.7 Å². The van der Waals surface area contributed by atoms with E-state index in [1.54, 1.807) is 6.07 Å². The zero-order valence-corrected chi connectivity index (χ0v) is 10.3. The van der Waals surface area contributed by atoms with Crippen LogP contribution in [0.5, 0.6) is 0 Å². The van der Waals surface area contributed by atoms with Gasteiger partial charge in [-0.1, -0.05) is 19.1 Å². The van der Waals surface area contributed by atoms with E-state index in [-0.39, 0.29) is 11.9 Å². The lowest BCUT2D eigenvalue weighted by atomic mass is 9.95. The first-order valence-electron chi connectivity index (χ1n) is 6.35. The molecule has 1 aromatic heterocycles. The van der Waals surface area contributed by atoms with E-state index in [0.717, 1.165) is 11.1 Å². The van der Waals surface area contributed by atoms with E-state index in [0.29, 0.717) is 17.4 Å². The molecule has 3 N–H and O–H groups in total. The Balaban J connectivity index is 1.99. The number of fused-ring (bicyclic) bond motifs is 1. The van der Waals surface area contributed by atoms with Gasteiger partial charge >= 0.3 is 0 Å². The maximum atomic E-state index is 13.6. The minimum atomic E-state index is -0.325. The lowest BCUT2D eigenvalue weighted by molar-refractivity contribution is 0.308. The molecule has 1 aliphatic rings. The molecule has 4 heteroatoms. The molecule has 0 saturated heterocycles. The van der Waals surface area contributed by atoms with E-state index in [2.05, 4.69) is 12.3 Å². The molecule has 2 atom stereocenters. The van der Waals surface area contributed by atoms with Crippen molar-refractivity contribution in [3.8, 4) is 0 Å². The van der Waals surface area contributed by atoms with E-state index < -0.39 is 0 Å². The van der Waals surface area contributed by atoms with Gasteiger partial charge in [-0.2, -0.15) is 0 Å². The predicted octanol–water partition coefficient (Wildman–Crippen LogP) is 3.12. The Bertz CT molecular complexity index is 562. The molecule has 96 valence electrons. The van der Waals surface area contributed by atoms with E-state index >= 15 is 0 Å². The molecule has 2 aromatic rings. The van der Waals surface area contributed by atoms with E-state index in [1.165, 1.54) is 18.9 Å². The van der Waals surface area contributed by atoms with Crippen molar-refractivity contribution in [1.82, 2.24) is 5.43 Å². The zero-order chi connectivity index (χ0) is 12.7. The number of furan rings is 1. The molecule has 0 aliphatic heterocycles. The highest BCUT2D eigenvalue weighted by molar-refractivity contribution is 5.78. The molecular weight excluding hydrogens is 231 g/mol. The highest BCUT2D eigenvalue weighted by atomic mass is 19.1. The molecule has 2 unspecified atom stereocenters. The molecule has 0 radical (unpaired) electrons. The van der Waals surface area contributed by atoms with Gasteiger partial charge in [-0.05, 0) is 36.8 Å². The summed E-state index contributed by atoms with van der Waals surface area (Å²) in [5.74, 6) is 7.12. The largest absolute Gasteiger partial charge is 0.456 e. The van der Waals surface area contributed by atoms with Crippen LogP contribution in [0.1, 0.15) is 31.6 Å². The van der Waals surface area contributed by atoms with Crippen LogP contribution in [0.15, 0.2) is 28.7 Å². The summed E-state index contributed by atoms with van der Waals surface area (Å²) in [6.07, 6.45) is 2.49. The number of hydrazine groups is 1. The third kappa shape index (κ3) is 1.91. The van der Waals surface area contributed by atoms with Crippen molar-refractivity contribution < 1.29 is 8.81 Å². The monoisotopic (exact) mass is 248 g/mol. The molecule has 1 aromatic carbocycles. The molecule has 18 heavy (non-hydrogen) atoms. The maximum Gasteiger partial charge on any atom is 0.169 e. The Morgan fingerprint density at radius 3 is 2.83 bits per heavy atom. The van der Waals surface area contributed by atoms with Crippen molar-refractivity contribution in [1.29, 1.82) is 0 Å². The fourth-order valence-electron chi connectivity index (χ4n) is 2.59. The second kappa shape index (κ2) is 4.37. The van der Waals surface area contributed by atoms with Crippen LogP contribution in [0, 0.1) is 17.7 Å². The molecule has 1 saturated carbocycles. The van der Waals surface area contributed by atoms with Gasteiger partial charge in [-0.3, -0.25) is 5.84 Å². The summed E-state index contributed by atoms with van der Waals surface area (Å²) in [5.41, 5.74) is 3.12. The van der Waals surface area contributed by atoms with Gasteiger partial charge in [0.2, 0.25) is 0 Å². The number of halogens is 1. The maximum absolute atomic E-state index is 13.6. The van der Waals surface area contributed by atoms with Gasteiger partial charge in [0.05, 0.1) is 6.04 Å². The smallest absolute Gasteiger partial charge is 0.169 e. The number of benzene rings is 1. The molecular formula is C14H17FN2O. The molecule has 3 rings (SSSR count). The quantitative estimate of drug-likeness (QED) is 0.645. The van der Waals surface area contributed by atoms with Gasteiger partial charge in [0.1, 0.15) is 5.76 Å². The Labute approximate surface area is 105 Å². The fourth-order valence-corrected chi connectivity index (χ4v) is 2.59. The van der Waals surface area contributed by atoms with Crippen LogP contribution >= 0.6 is 0 Å². The molecule has 3 nitrogen and oxygen atoms in total. The van der Waals surface area contributed by atoms with Crippen molar-refractivity contribution in [3.05, 3.63) is 35.8 Å². The SMILES string of the molecule is CC(C1CC1)C(NN)c1cc2cccc(F)c2o1. The summed E-state index contributed by atoms with van der Waals surface area (Å²) in [5, 5.41) is 0.785. The van der Waals surface area contributed by atoms with E-state index in [9.17, 15) is 4.39 Å². The van der Waals surface area contributed by atoms with Gasteiger partial charge < -0.3 is 4.42 Å². The van der Waals surface area contributed by atoms with Gasteiger partial charge in [-0.15, -0.1) is 0 Å². The number of nitrogens with one attached hydrogen (secondary N) is 1. The summed E-state index contributed by atoms with van der Waals surface area (Å²) in [7, 11) is 0. The Hall–Kier alpha value is -1.39. The Morgan fingerprint density at radius 2 is 2.22 bits per heavy atom. The average Bonchev–Trinajstić information content (AvgIpc) is 3.11. The number of para-hydroxylation sites is 1. The zero-order valence-electron chi connectivity index (χ0n) is 10.3. The highest BCUT2D eigenvalue weighted by Crippen LogP contribution is 2.43. The Morgan fingerprint density at radius 1 is 1.44 bits per heavy atom. The standard InChI is InChI=1S/C14H17FN2O/c1-8(9-5-6-9)13(17-16)12-7-10-3-2-4-11(15)14(10)18-12/h2-4,7-9,13,17H,5-6,16H2,1H3. The van der Waals surface area contributed by atoms with Crippen LogP contribution in [0.25, 0.3) is 11.0 Å². The van der Waals surface area contributed by atoms with Crippen LogP contribution in [-0.2, 0) is 0 Å². The highest BCUT2D eigenvalue weighted by Gasteiger charge is 2.35. The summed E-state index contributed by atoms with van der Waals surface area (Å²) in [4.78, 5) is 0. The first-order valence-corrected chi connectivity index (χ1v) is 6.35. The molecule has 1 aliphatic carbocycles. The summed E-state index contributed by atoms with van der Waals surface area (Å²) >= 11 is 0. The summed E-state index contributed by atoms with van der Waals surface area (Å²) in [6, 6.07) is 6.77. The van der Waals surface area contributed by atoms with Gasteiger partial charge in [-0.25, -0.2) is 9.82 Å². The first-order chi connectivity index (χ1) is 8.70. The number of hydrogen-bond acceptors (Lipinski definition) is 3. The van der Waals surface area contributed by atoms with Crippen LogP contribution in [0.3, 0.4) is 0 Å². The number of nitrogens with two attached hydrogens (primary N) is 1. The molecule has 0 amide bonds. The summed E-state index contributed by atoms with van der Waals surface area (Å²) in [6.45, 7) is 2.16. The topological polar surface area (TPSA) is 51.2 Å². The van der Waals surface area contributed by atoms with E-state index in [4.69, 9.17) is 10.3 Å². The number of rotatable bonds is 4. The van der Waals surface area contributed by atoms with Crippen LogP contribution < -0.4 is 11.3 Å². The first kappa shape index (κ1) is 11.7. The fraction of sp³-hybridized carbons (Fsp3) is 0.429. The lowest BCUT2D eigenvalue weighted by Crippen LogP contribution is -2.33. The van der Waals surface area contributed by atoms with Crippen LogP contribution in [0.4, 0.5) is 4.39 Å². The second-order valence-corrected chi connectivity index (χ2v) is 5.15. The van der Waals surface area contributed by atoms with Crippen molar-refractivity contribution in [3.63, 3.8) is 0 Å². The molecule has 0 bridgehead atoms. The lowest BCUT2D eigenvalue weighted by Gasteiger charge is -2.20. The average molecular weight is 248 g/mol.